The molecule has 1 aromatic heterocycles. The first-order valence-electron chi connectivity index (χ1n) is 6.95. The van der Waals surface area contributed by atoms with E-state index < -0.39 is 0 Å². The number of methoxy groups -OCH3 is 2. The molecular weight excluding hydrogens is 314 g/mol. The van der Waals surface area contributed by atoms with Crippen molar-refractivity contribution in [1.82, 2.24) is 15.3 Å². The summed E-state index contributed by atoms with van der Waals surface area (Å²) in [5.74, 6) is 1.15. The highest BCUT2D eigenvalue weighted by atomic mass is 32.2. The number of nitrogens with zero attached hydrogens (tertiary/aromatic N) is 2. The van der Waals surface area contributed by atoms with E-state index in [1.165, 1.54) is 11.8 Å². The predicted molar refractivity (Wildman–Crippen MR) is 89.3 cm³/mol. The van der Waals surface area contributed by atoms with Crippen LogP contribution >= 0.6 is 11.8 Å². The minimum atomic E-state index is -0.215. The van der Waals surface area contributed by atoms with E-state index in [9.17, 15) is 4.79 Å². The van der Waals surface area contributed by atoms with Gasteiger partial charge in [0.15, 0.2) is 5.16 Å². The third-order valence-corrected chi connectivity index (χ3v) is 3.88. The molecule has 1 N–H and O–H groups in total. The van der Waals surface area contributed by atoms with Gasteiger partial charge in [-0.3, -0.25) is 4.79 Å². The molecule has 1 aromatic carbocycles. The number of ether oxygens (including phenoxy) is 2. The van der Waals surface area contributed by atoms with Gasteiger partial charge in [0.05, 0.1) is 25.5 Å². The fraction of sp³-hybridized carbons (Fsp3) is 0.312. The SMILES string of the molecule is COc1ccc(CNC(=O)c2cnc(SC)nc2C)c(OC)c1. The van der Waals surface area contributed by atoms with Gasteiger partial charge in [-0.25, -0.2) is 9.97 Å². The van der Waals surface area contributed by atoms with Crippen molar-refractivity contribution in [2.24, 2.45) is 0 Å². The van der Waals surface area contributed by atoms with Gasteiger partial charge in [-0.15, -0.1) is 0 Å². The number of nitrogens with one attached hydrogen (secondary N) is 1. The Kier molecular flexibility index (Phi) is 5.81. The molecule has 0 aliphatic carbocycles. The number of amides is 1. The van der Waals surface area contributed by atoms with Gasteiger partial charge in [0, 0.05) is 24.4 Å². The number of rotatable bonds is 6. The molecule has 1 amide bonds. The summed E-state index contributed by atoms with van der Waals surface area (Å²) in [6.45, 7) is 2.14. The minimum Gasteiger partial charge on any atom is -0.497 e. The number of carbonyl (C=O) groups excluding carboxylic acids is 1. The summed E-state index contributed by atoms with van der Waals surface area (Å²) in [5.41, 5.74) is 1.99. The molecule has 6 nitrogen and oxygen atoms in total. The Morgan fingerprint density at radius 1 is 1.30 bits per heavy atom. The summed E-state index contributed by atoms with van der Waals surface area (Å²) < 4.78 is 10.5. The lowest BCUT2D eigenvalue weighted by Gasteiger charge is -2.12. The first-order chi connectivity index (χ1) is 11.1. The molecular formula is C16H19N3O3S. The fourth-order valence-electron chi connectivity index (χ4n) is 2.04. The second-order valence-electron chi connectivity index (χ2n) is 4.72. The largest absolute Gasteiger partial charge is 0.497 e. The zero-order chi connectivity index (χ0) is 16.8. The highest BCUT2D eigenvalue weighted by molar-refractivity contribution is 7.98. The highest BCUT2D eigenvalue weighted by Gasteiger charge is 2.13. The molecule has 0 saturated carbocycles. The summed E-state index contributed by atoms with van der Waals surface area (Å²) >= 11 is 1.44. The molecule has 7 heteroatoms. The van der Waals surface area contributed by atoms with Crippen molar-refractivity contribution >= 4 is 17.7 Å². The van der Waals surface area contributed by atoms with E-state index in [1.54, 1.807) is 33.4 Å². The van der Waals surface area contributed by atoms with E-state index in [1.807, 2.05) is 18.4 Å². The minimum absolute atomic E-state index is 0.215. The lowest BCUT2D eigenvalue weighted by molar-refractivity contribution is 0.0949. The van der Waals surface area contributed by atoms with Crippen molar-refractivity contribution in [1.29, 1.82) is 0 Å². The summed E-state index contributed by atoms with van der Waals surface area (Å²) in [4.78, 5) is 20.7. The van der Waals surface area contributed by atoms with Gasteiger partial charge < -0.3 is 14.8 Å². The maximum atomic E-state index is 12.3. The van der Waals surface area contributed by atoms with Gasteiger partial charge in [-0.05, 0) is 25.3 Å². The predicted octanol–water partition coefficient (Wildman–Crippen LogP) is 2.45. The Hall–Kier alpha value is -2.28. The number of aromatic nitrogens is 2. The summed E-state index contributed by atoms with van der Waals surface area (Å²) in [7, 11) is 3.18. The van der Waals surface area contributed by atoms with Crippen LogP contribution in [0.25, 0.3) is 0 Å². The Balaban J connectivity index is 2.10. The van der Waals surface area contributed by atoms with Crippen molar-refractivity contribution in [3.05, 3.63) is 41.2 Å². The van der Waals surface area contributed by atoms with Gasteiger partial charge >= 0.3 is 0 Å². The molecule has 0 unspecified atom stereocenters. The van der Waals surface area contributed by atoms with Crippen LogP contribution in [-0.4, -0.2) is 36.4 Å². The Morgan fingerprint density at radius 2 is 2.09 bits per heavy atom. The normalized spacial score (nSPS) is 10.3. The third-order valence-electron chi connectivity index (χ3n) is 3.32. The molecule has 2 aromatic rings. The second kappa shape index (κ2) is 7.82. The quantitative estimate of drug-likeness (QED) is 0.647. The summed E-state index contributed by atoms with van der Waals surface area (Å²) in [6, 6.07) is 5.47. The van der Waals surface area contributed by atoms with Gasteiger partial charge in [0.25, 0.3) is 5.91 Å². The number of thioether (sulfide) groups is 1. The molecule has 2 rings (SSSR count). The van der Waals surface area contributed by atoms with E-state index in [2.05, 4.69) is 15.3 Å². The van der Waals surface area contributed by atoms with Crippen molar-refractivity contribution in [2.75, 3.05) is 20.5 Å². The average Bonchev–Trinajstić information content (AvgIpc) is 2.59. The number of hydrogen-bond acceptors (Lipinski definition) is 6. The maximum absolute atomic E-state index is 12.3. The fourth-order valence-corrected chi connectivity index (χ4v) is 2.42. The molecule has 0 bridgehead atoms. The molecule has 122 valence electrons. The Morgan fingerprint density at radius 3 is 2.70 bits per heavy atom. The average molecular weight is 333 g/mol. The second-order valence-corrected chi connectivity index (χ2v) is 5.49. The van der Waals surface area contributed by atoms with Crippen LogP contribution in [0, 0.1) is 6.92 Å². The molecule has 0 atom stereocenters. The third kappa shape index (κ3) is 4.13. The smallest absolute Gasteiger partial charge is 0.254 e. The van der Waals surface area contributed by atoms with E-state index in [4.69, 9.17) is 9.47 Å². The van der Waals surface area contributed by atoms with Gasteiger partial charge in [-0.1, -0.05) is 11.8 Å². The van der Waals surface area contributed by atoms with E-state index in [-0.39, 0.29) is 5.91 Å². The van der Waals surface area contributed by atoms with Crippen molar-refractivity contribution < 1.29 is 14.3 Å². The monoisotopic (exact) mass is 333 g/mol. The van der Waals surface area contributed by atoms with Crippen LogP contribution in [0.15, 0.2) is 29.6 Å². The van der Waals surface area contributed by atoms with E-state index in [0.29, 0.717) is 34.5 Å². The Labute approximate surface area is 139 Å². The van der Waals surface area contributed by atoms with Crippen LogP contribution in [0.3, 0.4) is 0 Å². The van der Waals surface area contributed by atoms with Crippen LogP contribution in [0.4, 0.5) is 0 Å². The van der Waals surface area contributed by atoms with Crippen LogP contribution < -0.4 is 14.8 Å². The summed E-state index contributed by atoms with van der Waals surface area (Å²) in [6.07, 6.45) is 3.44. The standard InChI is InChI=1S/C16H19N3O3S/c1-10-13(9-18-16(19-10)23-4)15(20)17-8-11-5-6-12(21-2)7-14(11)22-3/h5-7,9H,8H2,1-4H3,(H,17,20). The number of benzene rings is 1. The lowest BCUT2D eigenvalue weighted by atomic mass is 10.1. The molecule has 0 fully saturated rings. The molecule has 0 saturated heterocycles. The molecule has 0 aliphatic rings. The Bertz CT molecular complexity index is 707. The van der Waals surface area contributed by atoms with Crippen LogP contribution in [0.2, 0.25) is 0 Å². The number of aryl methyl sites for hydroxylation is 1. The van der Waals surface area contributed by atoms with Crippen LogP contribution in [-0.2, 0) is 6.54 Å². The van der Waals surface area contributed by atoms with Crippen molar-refractivity contribution in [2.45, 2.75) is 18.6 Å². The number of hydrogen-bond donors (Lipinski definition) is 1. The summed E-state index contributed by atoms with van der Waals surface area (Å²) in [5, 5.41) is 3.51. The van der Waals surface area contributed by atoms with Crippen LogP contribution in [0.1, 0.15) is 21.6 Å². The zero-order valence-electron chi connectivity index (χ0n) is 13.5. The zero-order valence-corrected chi connectivity index (χ0v) is 14.4. The van der Waals surface area contributed by atoms with Crippen molar-refractivity contribution in [3.8, 4) is 11.5 Å². The van der Waals surface area contributed by atoms with E-state index >= 15 is 0 Å². The van der Waals surface area contributed by atoms with Crippen LogP contribution in [0.5, 0.6) is 11.5 Å². The topological polar surface area (TPSA) is 73.3 Å². The first kappa shape index (κ1) is 17.1. The maximum Gasteiger partial charge on any atom is 0.254 e. The van der Waals surface area contributed by atoms with Gasteiger partial charge in [0.1, 0.15) is 11.5 Å². The molecule has 0 spiro atoms. The van der Waals surface area contributed by atoms with Gasteiger partial charge in [-0.2, -0.15) is 0 Å². The lowest BCUT2D eigenvalue weighted by Crippen LogP contribution is -2.24. The first-order valence-corrected chi connectivity index (χ1v) is 8.18. The molecule has 0 radical (unpaired) electrons. The van der Waals surface area contributed by atoms with E-state index in [0.717, 1.165) is 5.56 Å². The van der Waals surface area contributed by atoms with Gasteiger partial charge in [0.2, 0.25) is 0 Å². The molecule has 23 heavy (non-hydrogen) atoms. The van der Waals surface area contributed by atoms with Crippen molar-refractivity contribution in [3.63, 3.8) is 0 Å². The molecule has 1 heterocycles. The number of carbonyl (C=O) groups is 1. The molecule has 0 aliphatic heterocycles. The highest BCUT2D eigenvalue weighted by Crippen LogP contribution is 2.24.